The average molecular weight is 373 g/mol. The van der Waals surface area contributed by atoms with Crippen molar-refractivity contribution in [3.63, 3.8) is 0 Å². The molecule has 1 heterocycles. The molecule has 1 N–H and O–H groups in total. The minimum atomic E-state index is 0.119. The molecular formula is C20H23NO6. The first-order valence-corrected chi connectivity index (χ1v) is 8.28. The van der Waals surface area contributed by atoms with Gasteiger partial charge in [-0.3, -0.25) is 0 Å². The lowest BCUT2D eigenvalue weighted by atomic mass is 10.1. The van der Waals surface area contributed by atoms with Gasteiger partial charge >= 0.3 is 0 Å². The van der Waals surface area contributed by atoms with Crippen molar-refractivity contribution >= 4 is 10.9 Å². The van der Waals surface area contributed by atoms with E-state index in [1.807, 2.05) is 30.3 Å². The van der Waals surface area contributed by atoms with Gasteiger partial charge in [-0.15, -0.1) is 0 Å². The third kappa shape index (κ3) is 3.46. The van der Waals surface area contributed by atoms with Gasteiger partial charge in [0.15, 0.2) is 29.8 Å². The molecule has 1 aromatic heterocycles. The molecule has 27 heavy (non-hydrogen) atoms. The minimum absolute atomic E-state index is 0.119. The number of aromatic amines is 1. The molecule has 3 rings (SSSR count). The molecule has 0 fully saturated rings. The number of hydrogen-bond acceptors (Lipinski definition) is 6. The van der Waals surface area contributed by atoms with Crippen molar-refractivity contribution in [3.8, 4) is 40.0 Å². The van der Waals surface area contributed by atoms with Crippen LogP contribution in [0.1, 0.15) is 0 Å². The molecule has 0 aliphatic heterocycles. The van der Waals surface area contributed by atoms with Crippen LogP contribution in [-0.4, -0.2) is 47.3 Å². The van der Waals surface area contributed by atoms with Crippen molar-refractivity contribution in [2.75, 3.05) is 42.3 Å². The van der Waals surface area contributed by atoms with Gasteiger partial charge in [0, 0.05) is 23.8 Å². The fourth-order valence-electron chi connectivity index (χ4n) is 2.97. The van der Waals surface area contributed by atoms with Gasteiger partial charge in [-0.05, 0) is 30.3 Å². The number of hydrogen-bond donors (Lipinski definition) is 1. The highest BCUT2D eigenvalue weighted by Crippen LogP contribution is 2.43. The normalized spacial score (nSPS) is 10.7. The van der Waals surface area contributed by atoms with Crippen molar-refractivity contribution in [1.82, 2.24) is 4.98 Å². The van der Waals surface area contributed by atoms with Crippen LogP contribution in [0.3, 0.4) is 0 Å². The number of rotatable bonds is 8. The Balaban J connectivity index is 2.15. The summed E-state index contributed by atoms with van der Waals surface area (Å²) in [7, 11) is 7.93. The molecule has 7 heteroatoms. The van der Waals surface area contributed by atoms with Crippen molar-refractivity contribution in [3.05, 3.63) is 30.3 Å². The van der Waals surface area contributed by atoms with Crippen LogP contribution in [0.5, 0.6) is 28.7 Å². The van der Waals surface area contributed by atoms with Crippen molar-refractivity contribution in [1.29, 1.82) is 0 Å². The molecule has 0 spiro atoms. The molecule has 144 valence electrons. The number of nitrogens with one attached hydrogen (secondary N) is 1. The third-order valence-corrected chi connectivity index (χ3v) is 4.23. The number of methoxy groups -OCH3 is 5. The Labute approximate surface area is 157 Å². The van der Waals surface area contributed by atoms with E-state index in [-0.39, 0.29) is 6.79 Å². The molecule has 0 radical (unpaired) electrons. The second-order valence-corrected chi connectivity index (χ2v) is 5.71. The fraction of sp³-hybridized carbons (Fsp3) is 0.300. The van der Waals surface area contributed by atoms with E-state index in [0.717, 1.165) is 22.2 Å². The molecular weight excluding hydrogens is 350 g/mol. The van der Waals surface area contributed by atoms with Crippen LogP contribution >= 0.6 is 0 Å². The first-order valence-electron chi connectivity index (χ1n) is 8.28. The van der Waals surface area contributed by atoms with Gasteiger partial charge in [-0.2, -0.15) is 0 Å². The summed E-state index contributed by atoms with van der Waals surface area (Å²) < 4.78 is 32.5. The summed E-state index contributed by atoms with van der Waals surface area (Å²) in [5, 5.41) is 0.977. The molecule has 0 aliphatic rings. The maximum atomic E-state index is 5.72. The summed E-state index contributed by atoms with van der Waals surface area (Å²) in [5.74, 6) is 2.93. The molecule has 0 aliphatic carbocycles. The Morgan fingerprint density at radius 1 is 0.741 bits per heavy atom. The van der Waals surface area contributed by atoms with Crippen LogP contribution in [0.15, 0.2) is 30.3 Å². The maximum absolute atomic E-state index is 5.72. The van der Waals surface area contributed by atoms with Crippen molar-refractivity contribution < 1.29 is 28.4 Å². The van der Waals surface area contributed by atoms with Gasteiger partial charge in [0.1, 0.15) is 0 Å². The Bertz CT molecular complexity index is 909. The Morgan fingerprint density at radius 3 is 1.96 bits per heavy atom. The van der Waals surface area contributed by atoms with E-state index in [1.54, 1.807) is 35.5 Å². The highest BCUT2D eigenvalue weighted by Gasteiger charge is 2.17. The van der Waals surface area contributed by atoms with Gasteiger partial charge in [0.25, 0.3) is 0 Å². The van der Waals surface area contributed by atoms with Gasteiger partial charge < -0.3 is 33.4 Å². The second kappa shape index (κ2) is 8.09. The van der Waals surface area contributed by atoms with E-state index in [1.165, 1.54) is 0 Å². The maximum Gasteiger partial charge on any atom is 0.203 e. The molecule has 0 atom stereocenters. The summed E-state index contributed by atoms with van der Waals surface area (Å²) in [6.07, 6.45) is 0. The Morgan fingerprint density at radius 2 is 1.41 bits per heavy atom. The van der Waals surface area contributed by atoms with Gasteiger partial charge in [-0.25, -0.2) is 0 Å². The number of aromatic nitrogens is 1. The highest BCUT2D eigenvalue weighted by atomic mass is 16.7. The average Bonchev–Trinajstić information content (AvgIpc) is 3.15. The lowest BCUT2D eigenvalue weighted by molar-refractivity contribution is 0.0502. The number of fused-ring (bicyclic) bond motifs is 1. The minimum Gasteiger partial charge on any atom is -0.493 e. The van der Waals surface area contributed by atoms with E-state index >= 15 is 0 Å². The van der Waals surface area contributed by atoms with Crippen LogP contribution in [0.25, 0.3) is 22.2 Å². The number of benzene rings is 2. The van der Waals surface area contributed by atoms with Gasteiger partial charge in [-0.1, -0.05) is 0 Å². The third-order valence-electron chi connectivity index (χ3n) is 4.23. The van der Waals surface area contributed by atoms with E-state index in [2.05, 4.69) is 4.98 Å². The van der Waals surface area contributed by atoms with E-state index in [4.69, 9.17) is 28.4 Å². The fourth-order valence-corrected chi connectivity index (χ4v) is 2.97. The smallest absolute Gasteiger partial charge is 0.203 e. The quantitative estimate of drug-likeness (QED) is 0.605. The molecule has 3 aromatic rings. The zero-order valence-electron chi connectivity index (χ0n) is 16.0. The summed E-state index contributed by atoms with van der Waals surface area (Å²) >= 11 is 0. The Kier molecular flexibility index (Phi) is 5.61. The first kappa shape index (κ1) is 18.7. The summed E-state index contributed by atoms with van der Waals surface area (Å²) in [6.45, 7) is 0.119. The lowest BCUT2D eigenvalue weighted by Gasteiger charge is -2.13. The van der Waals surface area contributed by atoms with Crippen LogP contribution in [0.4, 0.5) is 0 Å². The SMILES string of the molecule is COCOc1c(OC)ccc2cc(-c3cc(OC)c(OC)c(OC)c3)[nH]c12. The predicted molar refractivity (Wildman–Crippen MR) is 102 cm³/mol. The monoisotopic (exact) mass is 373 g/mol. The number of ether oxygens (including phenoxy) is 6. The molecule has 0 bridgehead atoms. The topological polar surface area (TPSA) is 71.2 Å². The first-order chi connectivity index (χ1) is 13.2. The van der Waals surface area contributed by atoms with E-state index < -0.39 is 0 Å². The predicted octanol–water partition coefficient (Wildman–Crippen LogP) is 3.85. The van der Waals surface area contributed by atoms with Gasteiger partial charge in [0.05, 0.1) is 34.0 Å². The zero-order valence-corrected chi connectivity index (χ0v) is 16.0. The second-order valence-electron chi connectivity index (χ2n) is 5.71. The van der Waals surface area contributed by atoms with Crippen LogP contribution in [0, 0.1) is 0 Å². The summed E-state index contributed by atoms with van der Waals surface area (Å²) in [4.78, 5) is 3.39. The molecule has 0 amide bonds. The largest absolute Gasteiger partial charge is 0.493 e. The van der Waals surface area contributed by atoms with Crippen molar-refractivity contribution in [2.24, 2.45) is 0 Å². The Hall–Kier alpha value is -3.06. The van der Waals surface area contributed by atoms with Crippen LogP contribution in [-0.2, 0) is 4.74 Å². The molecule has 2 aromatic carbocycles. The molecule has 0 saturated carbocycles. The highest BCUT2D eigenvalue weighted by molar-refractivity contribution is 5.92. The van der Waals surface area contributed by atoms with Crippen LogP contribution < -0.4 is 23.7 Å². The zero-order chi connectivity index (χ0) is 19.4. The van der Waals surface area contributed by atoms with Crippen LogP contribution in [0.2, 0.25) is 0 Å². The van der Waals surface area contributed by atoms with E-state index in [9.17, 15) is 0 Å². The van der Waals surface area contributed by atoms with Gasteiger partial charge in [0.2, 0.25) is 5.75 Å². The molecule has 0 unspecified atom stereocenters. The molecule has 0 saturated heterocycles. The van der Waals surface area contributed by atoms with E-state index in [0.29, 0.717) is 28.7 Å². The standard InChI is InChI=1S/C20H23NO6/c1-22-11-27-20-15(23-2)7-6-12-8-14(21-18(12)20)13-9-16(24-3)19(26-5)17(10-13)25-4/h6-10,21H,11H2,1-5H3. The van der Waals surface area contributed by atoms with Crippen molar-refractivity contribution in [2.45, 2.75) is 0 Å². The number of H-pyrrole nitrogens is 1. The molecule has 7 nitrogen and oxygen atoms in total. The summed E-state index contributed by atoms with van der Waals surface area (Å²) in [6, 6.07) is 9.62. The summed E-state index contributed by atoms with van der Waals surface area (Å²) in [5.41, 5.74) is 2.58. The lowest BCUT2D eigenvalue weighted by Crippen LogP contribution is -2.01.